The van der Waals surface area contributed by atoms with E-state index in [0.717, 1.165) is 29.8 Å². The highest BCUT2D eigenvalue weighted by Crippen LogP contribution is 2.38. The molecule has 1 saturated heterocycles. The molecule has 0 bridgehead atoms. The lowest BCUT2D eigenvalue weighted by molar-refractivity contribution is -0.137. The molecule has 0 spiro atoms. The van der Waals surface area contributed by atoms with Crippen LogP contribution in [0.3, 0.4) is 0 Å². The molecule has 1 fully saturated rings. The number of benzene rings is 2. The maximum Gasteiger partial charge on any atom is 0.416 e. The normalized spacial score (nSPS) is 15.3. The third-order valence-electron chi connectivity index (χ3n) is 5.77. The molecule has 2 aromatic carbocycles. The second-order valence-electron chi connectivity index (χ2n) is 7.98. The number of hydrogen-bond donors (Lipinski definition) is 0. The Hall–Kier alpha value is -2.49. The van der Waals surface area contributed by atoms with Gasteiger partial charge in [-0.2, -0.15) is 18.0 Å². The van der Waals surface area contributed by atoms with E-state index in [-0.39, 0.29) is 45.1 Å². The van der Waals surface area contributed by atoms with E-state index in [1.165, 1.54) is 12.1 Å². The Bertz CT molecular complexity index is 1350. The summed E-state index contributed by atoms with van der Waals surface area (Å²) in [5, 5.41) is 0.500. The first kappa shape index (κ1) is 24.6. The van der Waals surface area contributed by atoms with Gasteiger partial charge in [-0.1, -0.05) is 17.7 Å². The fourth-order valence-corrected chi connectivity index (χ4v) is 4.87. The van der Waals surface area contributed by atoms with E-state index in [4.69, 9.17) is 20.8 Å². The number of para-hydroxylation sites is 1. The van der Waals surface area contributed by atoms with Crippen molar-refractivity contribution in [2.24, 2.45) is 0 Å². The summed E-state index contributed by atoms with van der Waals surface area (Å²) in [7, 11) is -0.945. The van der Waals surface area contributed by atoms with Crippen molar-refractivity contribution in [3.05, 3.63) is 63.3 Å². The van der Waals surface area contributed by atoms with Crippen molar-refractivity contribution in [3.63, 3.8) is 0 Å². The maximum atomic E-state index is 13.4. The Morgan fingerprint density at radius 3 is 2.56 bits per heavy atom. The maximum absolute atomic E-state index is 13.4. The zero-order chi connectivity index (χ0) is 24.5. The predicted octanol–water partition coefficient (Wildman–Crippen LogP) is 5.37. The summed E-state index contributed by atoms with van der Waals surface area (Å²) in [6.45, 7) is 2.06. The second kappa shape index (κ2) is 10.0. The molecule has 0 amide bonds. The van der Waals surface area contributed by atoms with E-state index in [1.54, 1.807) is 24.5 Å². The van der Waals surface area contributed by atoms with Crippen LogP contribution in [-0.4, -0.2) is 42.3 Å². The van der Waals surface area contributed by atoms with Crippen molar-refractivity contribution in [3.8, 4) is 17.1 Å². The molecule has 0 atom stereocenters. The van der Waals surface area contributed by atoms with Crippen LogP contribution in [0.2, 0.25) is 5.02 Å². The van der Waals surface area contributed by atoms with Gasteiger partial charge in [-0.05, 0) is 43.2 Å². The van der Waals surface area contributed by atoms with Crippen molar-refractivity contribution in [2.75, 3.05) is 32.5 Å². The molecule has 10 heteroatoms. The number of likely N-dealkylation sites (tertiary alicyclic amines) is 1. The fraction of sp³-hybridized carbons (Fsp3) is 0.333. The molecule has 0 N–H and O–H groups in total. The minimum atomic E-state index is -4.56. The summed E-state index contributed by atoms with van der Waals surface area (Å²) in [6, 6.07) is 9.04. The van der Waals surface area contributed by atoms with Crippen molar-refractivity contribution >= 4 is 37.8 Å². The average molecular weight is 513 g/mol. The first-order valence-corrected chi connectivity index (χ1v) is 12.5. The monoisotopic (exact) mass is 512 g/mol. The van der Waals surface area contributed by atoms with Crippen LogP contribution < -0.4 is 10.2 Å². The number of piperidine rings is 1. The molecule has 0 unspecified atom stereocenters. The number of ether oxygens (including phenoxy) is 1. The fourth-order valence-electron chi connectivity index (χ4n) is 3.90. The van der Waals surface area contributed by atoms with Crippen molar-refractivity contribution in [1.82, 2.24) is 4.90 Å². The van der Waals surface area contributed by atoms with E-state index in [2.05, 4.69) is 4.90 Å². The number of fused-ring (bicyclic) bond motifs is 1. The standard InChI is InChI=1S/C24H22ClF3NO4S/c1-34(31)16-7-9-29(10-8-16)11-12-32-21-13-15(24(26,27)28)5-6-18(21)22-14-20(30)17-3-2-4-19(25)23(17)33-22/h2-6,13-14H,7-12H2,1H3/q-1. The van der Waals surface area contributed by atoms with Gasteiger partial charge in [-0.25, -0.2) is 0 Å². The molecular weight excluding hydrogens is 491 g/mol. The van der Waals surface area contributed by atoms with Gasteiger partial charge in [0.05, 0.1) is 21.5 Å². The zero-order valence-corrected chi connectivity index (χ0v) is 19.9. The quantitative estimate of drug-likeness (QED) is 0.340. The van der Waals surface area contributed by atoms with Crippen LogP contribution in [0.25, 0.3) is 22.3 Å². The van der Waals surface area contributed by atoms with Gasteiger partial charge in [-0.15, -0.1) is 6.26 Å². The smallest absolute Gasteiger partial charge is 0.416 e. The van der Waals surface area contributed by atoms with Crippen molar-refractivity contribution < 1.29 is 26.5 Å². The van der Waals surface area contributed by atoms with Crippen LogP contribution in [0.4, 0.5) is 13.2 Å². The summed E-state index contributed by atoms with van der Waals surface area (Å²) in [6.07, 6.45) is -1.44. The summed E-state index contributed by atoms with van der Waals surface area (Å²) in [4.78, 5) is 15.7. The summed E-state index contributed by atoms with van der Waals surface area (Å²) >= 11 is 6.17. The molecule has 0 saturated carbocycles. The molecule has 0 aliphatic carbocycles. The molecule has 4 rings (SSSR count). The minimum absolute atomic E-state index is 0.0386. The van der Waals surface area contributed by atoms with Crippen LogP contribution >= 0.6 is 11.6 Å². The lowest BCUT2D eigenvalue weighted by Gasteiger charge is -2.30. The van der Waals surface area contributed by atoms with Gasteiger partial charge in [-0.3, -0.25) is 20.1 Å². The van der Waals surface area contributed by atoms with E-state index in [1.807, 2.05) is 0 Å². The molecule has 0 radical (unpaired) electrons. The van der Waals surface area contributed by atoms with Crippen LogP contribution in [0.5, 0.6) is 5.75 Å². The molecule has 5 nitrogen and oxygen atoms in total. The molecule has 1 aliphatic rings. The molecule has 2 heterocycles. The van der Waals surface area contributed by atoms with E-state index >= 15 is 0 Å². The molecular formula is C24H22ClF3NO4S-. The van der Waals surface area contributed by atoms with Gasteiger partial charge in [0.1, 0.15) is 18.1 Å². The van der Waals surface area contributed by atoms with E-state index < -0.39 is 22.1 Å². The van der Waals surface area contributed by atoms with Gasteiger partial charge in [0.2, 0.25) is 0 Å². The zero-order valence-electron chi connectivity index (χ0n) is 18.3. The van der Waals surface area contributed by atoms with Crippen LogP contribution in [0, 0.1) is 0 Å². The number of halogens is 4. The number of nitrogens with zero attached hydrogens (tertiary/aromatic N) is 1. The third kappa shape index (κ3) is 5.42. The first-order valence-electron chi connectivity index (χ1n) is 10.6. The minimum Gasteiger partial charge on any atom is -0.491 e. The molecule has 34 heavy (non-hydrogen) atoms. The Morgan fingerprint density at radius 2 is 1.88 bits per heavy atom. The summed E-state index contributed by atoms with van der Waals surface area (Å²) in [5.41, 5.74) is -0.845. The molecule has 3 aromatic rings. The largest absolute Gasteiger partial charge is 0.491 e. The second-order valence-corrected chi connectivity index (χ2v) is 9.88. The summed E-state index contributed by atoms with van der Waals surface area (Å²) < 4.78 is 63.3. The van der Waals surface area contributed by atoms with E-state index in [9.17, 15) is 22.2 Å². The average Bonchev–Trinajstić information content (AvgIpc) is 2.79. The number of hydrogen-bond acceptors (Lipinski definition) is 6. The SMILES string of the molecule is C[S-](=O)=C1CCN(CCOc2cc(C(F)(F)F)ccc2-c2cc(=O)c3cccc(Cl)c3o2)CC1. The Kier molecular flexibility index (Phi) is 7.25. The van der Waals surface area contributed by atoms with Crippen molar-refractivity contribution in [1.29, 1.82) is 0 Å². The third-order valence-corrected chi connectivity index (χ3v) is 7.29. The number of rotatable bonds is 5. The predicted molar refractivity (Wildman–Crippen MR) is 128 cm³/mol. The van der Waals surface area contributed by atoms with E-state index in [0.29, 0.717) is 19.6 Å². The van der Waals surface area contributed by atoms with Gasteiger partial charge >= 0.3 is 6.18 Å². The first-order chi connectivity index (χ1) is 16.1. The Balaban J connectivity index is 1.62. The topological polar surface area (TPSA) is 59.8 Å². The Labute approximate surface area is 201 Å². The highest BCUT2D eigenvalue weighted by atomic mass is 35.5. The van der Waals surface area contributed by atoms with Gasteiger partial charge in [0, 0.05) is 25.7 Å². The molecule has 1 aliphatic heterocycles. The summed E-state index contributed by atoms with van der Waals surface area (Å²) in [5.74, 6) is 0.0280. The molecule has 1 aromatic heterocycles. The number of alkyl halides is 3. The van der Waals surface area contributed by atoms with Crippen LogP contribution in [-0.2, 0) is 20.8 Å². The highest BCUT2D eigenvalue weighted by molar-refractivity contribution is 7.84. The van der Waals surface area contributed by atoms with Crippen LogP contribution in [0.15, 0.2) is 51.7 Å². The highest BCUT2D eigenvalue weighted by Gasteiger charge is 2.32. The lowest BCUT2D eigenvalue weighted by atomic mass is 10.1. The van der Waals surface area contributed by atoms with Gasteiger partial charge in [0.25, 0.3) is 0 Å². The lowest BCUT2D eigenvalue weighted by Crippen LogP contribution is -2.37. The van der Waals surface area contributed by atoms with Crippen molar-refractivity contribution in [2.45, 2.75) is 19.0 Å². The van der Waals surface area contributed by atoms with Gasteiger partial charge < -0.3 is 13.4 Å². The van der Waals surface area contributed by atoms with Crippen LogP contribution in [0.1, 0.15) is 18.4 Å². The Morgan fingerprint density at radius 1 is 1.15 bits per heavy atom. The van der Waals surface area contributed by atoms with Gasteiger partial charge in [0.15, 0.2) is 11.0 Å². The molecule has 182 valence electrons.